The number of rotatable bonds is 3. The number of carbonyl (C=O) groups is 3. The first-order chi connectivity index (χ1) is 11.3. The summed E-state index contributed by atoms with van der Waals surface area (Å²) in [6.45, 7) is 3.35. The molecule has 0 aromatic heterocycles. The molecular formula is C15H18ClFN4O3. The van der Waals surface area contributed by atoms with Crippen LogP contribution in [0.25, 0.3) is 0 Å². The van der Waals surface area contributed by atoms with Gasteiger partial charge in [0.25, 0.3) is 5.91 Å². The number of imide groups is 1. The molecule has 4 amide bonds. The zero-order valence-electron chi connectivity index (χ0n) is 13.1. The van der Waals surface area contributed by atoms with Gasteiger partial charge in [-0.3, -0.25) is 19.8 Å². The van der Waals surface area contributed by atoms with Crippen molar-refractivity contribution in [1.82, 2.24) is 15.1 Å². The Balaban J connectivity index is 1.96. The minimum Gasteiger partial charge on any atom is -0.351 e. The summed E-state index contributed by atoms with van der Waals surface area (Å²) in [5, 5.41) is 2.10. The Morgan fingerprint density at radius 2 is 1.88 bits per heavy atom. The van der Waals surface area contributed by atoms with E-state index in [0.29, 0.717) is 26.2 Å². The second kappa shape index (κ2) is 7.59. The normalized spacial score (nSPS) is 16.5. The lowest BCUT2D eigenvalue weighted by Gasteiger charge is -2.37. The van der Waals surface area contributed by atoms with Crippen molar-refractivity contribution in [3.8, 4) is 0 Å². The smallest absolute Gasteiger partial charge is 0.318 e. The Morgan fingerprint density at radius 1 is 1.25 bits per heavy atom. The highest BCUT2D eigenvalue weighted by atomic mass is 35.5. The highest BCUT2D eigenvalue weighted by Gasteiger charge is 2.29. The predicted molar refractivity (Wildman–Crippen MR) is 86.1 cm³/mol. The van der Waals surface area contributed by atoms with Crippen LogP contribution in [0.3, 0.4) is 0 Å². The molecule has 2 rings (SSSR count). The summed E-state index contributed by atoms with van der Waals surface area (Å²) in [7, 11) is 0. The first kappa shape index (κ1) is 18.2. The quantitative estimate of drug-likeness (QED) is 0.838. The molecule has 130 valence electrons. The summed E-state index contributed by atoms with van der Waals surface area (Å²) in [5.41, 5.74) is 5.17. The number of nitrogens with two attached hydrogens (primary N) is 1. The topological polar surface area (TPSA) is 95.7 Å². The lowest BCUT2D eigenvalue weighted by molar-refractivity contribution is -0.125. The van der Waals surface area contributed by atoms with E-state index in [4.69, 9.17) is 17.3 Å². The molecule has 0 radical (unpaired) electrons. The summed E-state index contributed by atoms with van der Waals surface area (Å²) in [5.74, 6) is -1.27. The highest BCUT2D eigenvalue weighted by Crippen LogP contribution is 2.20. The lowest BCUT2D eigenvalue weighted by atomic mass is 10.1. The summed E-state index contributed by atoms with van der Waals surface area (Å²) in [6.07, 6.45) is 0. The van der Waals surface area contributed by atoms with Gasteiger partial charge in [-0.1, -0.05) is 11.6 Å². The molecule has 1 aromatic carbocycles. The van der Waals surface area contributed by atoms with E-state index in [1.54, 1.807) is 11.8 Å². The number of urea groups is 1. The summed E-state index contributed by atoms with van der Waals surface area (Å²) >= 11 is 5.92. The Kier molecular flexibility index (Phi) is 5.74. The SMILES string of the molecule is C[C@@H](C(=O)NC(N)=O)N1CCN(C(=O)c2ccc(F)cc2Cl)CC1. The maximum Gasteiger partial charge on any atom is 0.318 e. The maximum atomic E-state index is 13.1. The maximum absolute atomic E-state index is 13.1. The molecule has 1 aliphatic heterocycles. The Bertz CT molecular complexity index is 662. The van der Waals surface area contributed by atoms with Crippen LogP contribution in [0.5, 0.6) is 0 Å². The van der Waals surface area contributed by atoms with Gasteiger partial charge in [-0.05, 0) is 25.1 Å². The van der Waals surface area contributed by atoms with Gasteiger partial charge in [0.1, 0.15) is 5.82 Å². The molecular weight excluding hydrogens is 339 g/mol. The van der Waals surface area contributed by atoms with Crippen LogP contribution in [-0.2, 0) is 4.79 Å². The van der Waals surface area contributed by atoms with E-state index in [-0.39, 0.29) is 16.5 Å². The number of benzene rings is 1. The number of nitrogens with one attached hydrogen (secondary N) is 1. The van der Waals surface area contributed by atoms with E-state index in [2.05, 4.69) is 0 Å². The van der Waals surface area contributed by atoms with Gasteiger partial charge in [0, 0.05) is 26.2 Å². The number of amides is 4. The standard InChI is InChI=1S/C15H18ClFN4O3/c1-9(13(22)19-15(18)24)20-4-6-21(7-5-20)14(23)11-3-2-10(17)8-12(11)16/h2-3,8-9H,4-7H2,1H3,(H3,18,19,22,24)/t9-/m0/s1. The van der Waals surface area contributed by atoms with Gasteiger partial charge in [0.05, 0.1) is 16.6 Å². The van der Waals surface area contributed by atoms with E-state index in [1.807, 2.05) is 10.2 Å². The van der Waals surface area contributed by atoms with E-state index in [9.17, 15) is 18.8 Å². The first-order valence-corrected chi connectivity index (χ1v) is 7.76. The minimum atomic E-state index is -0.897. The van der Waals surface area contributed by atoms with Crippen molar-refractivity contribution < 1.29 is 18.8 Å². The number of carbonyl (C=O) groups excluding carboxylic acids is 3. The van der Waals surface area contributed by atoms with Crippen molar-refractivity contribution in [2.24, 2.45) is 5.73 Å². The number of primary amides is 1. The third kappa shape index (κ3) is 4.21. The van der Waals surface area contributed by atoms with Crippen molar-refractivity contribution in [3.05, 3.63) is 34.6 Å². The van der Waals surface area contributed by atoms with Crippen molar-refractivity contribution in [3.63, 3.8) is 0 Å². The number of hydrogen-bond acceptors (Lipinski definition) is 4. The summed E-state index contributed by atoms with van der Waals surface area (Å²) < 4.78 is 13.1. The zero-order chi connectivity index (χ0) is 17.9. The van der Waals surface area contributed by atoms with Crippen LogP contribution in [0.4, 0.5) is 9.18 Å². The van der Waals surface area contributed by atoms with Crippen molar-refractivity contribution in [2.75, 3.05) is 26.2 Å². The first-order valence-electron chi connectivity index (χ1n) is 7.38. The molecule has 3 N–H and O–H groups in total. The number of piperazine rings is 1. The minimum absolute atomic E-state index is 0.0663. The van der Waals surface area contributed by atoms with Gasteiger partial charge in [-0.2, -0.15) is 0 Å². The Morgan fingerprint density at radius 3 is 2.42 bits per heavy atom. The lowest BCUT2D eigenvalue weighted by Crippen LogP contribution is -2.56. The van der Waals surface area contributed by atoms with E-state index >= 15 is 0 Å². The second-order valence-electron chi connectivity index (χ2n) is 5.48. The molecule has 7 nitrogen and oxygen atoms in total. The van der Waals surface area contributed by atoms with Crippen molar-refractivity contribution in [2.45, 2.75) is 13.0 Å². The van der Waals surface area contributed by atoms with Crippen LogP contribution >= 0.6 is 11.6 Å². The molecule has 0 aliphatic carbocycles. The van der Waals surface area contributed by atoms with Gasteiger partial charge >= 0.3 is 6.03 Å². The molecule has 1 aliphatic rings. The van der Waals surface area contributed by atoms with Crippen molar-refractivity contribution >= 4 is 29.4 Å². The van der Waals surface area contributed by atoms with E-state index in [1.165, 1.54) is 12.1 Å². The average molecular weight is 357 g/mol. The fraction of sp³-hybridized carbons (Fsp3) is 0.400. The molecule has 24 heavy (non-hydrogen) atoms. The molecule has 0 bridgehead atoms. The fourth-order valence-electron chi connectivity index (χ4n) is 2.54. The number of nitrogens with zero attached hydrogens (tertiary/aromatic N) is 2. The molecule has 0 spiro atoms. The zero-order valence-corrected chi connectivity index (χ0v) is 13.8. The van der Waals surface area contributed by atoms with Crippen LogP contribution < -0.4 is 11.1 Å². The highest BCUT2D eigenvalue weighted by molar-refractivity contribution is 6.33. The third-order valence-electron chi connectivity index (χ3n) is 3.94. The molecule has 1 aromatic rings. The van der Waals surface area contributed by atoms with E-state index in [0.717, 1.165) is 6.07 Å². The number of halogens is 2. The second-order valence-corrected chi connectivity index (χ2v) is 5.89. The van der Waals surface area contributed by atoms with Gasteiger partial charge < -0.3 is 10.6 Å². The Hall–Kier alpha value is -2.19. The van der Waals surface area contributed by atoms with Crippen LogP contribution in [0, 0.1) is 5.82 Å². The predicted octanol–water partition coefficient (Wildman–Crippen LogP) is 0.820. The molecule has 1 atom stereocenters. The summed E-state index contributed by atoms with van der Waals surface area (Å²) in [6, 6.07) is 2.21. The van der Waals surface area contributed by atoms with Gasteiger partial charge in [-0.25, -0.2) is 9.18 Å². The van der Waals surface area contributed by atoms with Crippen LogP contribution in [-0.4, -0.2) is 59.9 Å². The third-order valence-corrected chi connectivity index (χ3v) is 4.25. The average Bonchev–Trinajstić information content (AvgIpc) is 2.53. The van der Waals surface area contributed by atoms with Gasteiger partial charge in [0.15, 0.2) is 0 Å². The molecule has 1 fully saturated rings. The largest absolute Gasteiger partial charge is 0.351 e. The van der Waals surface area contributed by atoms with Gasteiger partial charge in [0.2, 0.25) is 5.91 Å². The molecule has 1 heterocycles. The molecule has 1 saturated heterocycles. The van der Waals surface area contributed by atoms with Crippen LogP contribution in [0.15, 0.2) is 18.2 Å². The van der Waals surface area contributed by atoms with Crippen molar-refractivity contribution in [1.29, 1.82) is 0 Å². The van der Waals surface area contributed by atoms with Gasteiger partial charge in [-0.15, -0.1) is 0 Å². The fourth-order valence-corrected chi connectivity index (χ4v) is 2.79. The molecule has 0 unspecified atom stereocenters. The molecule has 9 heteroatoms. The van der Waals surface area contributed by atoms with Crippen LogP contribution in [0.2, 0.25) is 5.02 Å². The monoisotopic (exact) mass is 356 g/mol. The number of hydrogen-bond donors (Lipinski definition) is 2. The summed E-state index contributed by atoms with van der Waals surface area (Å²) in [4.78, 5) is 38.4. The van der Waals surface area contributed by atoms with E-state index < -0.39 is 23.8 Å². The van der Waals surface area contributed by atoms with Crippen LogP contribution in [0.1, 0.15) is 17.3 Å². The Labute approximate surface area is 143 Å². The molecule has 0 saturated carbocycles.